The van der Waals surface area contributed by atoms with Gasteiger partial charge in [0.05, 0.1) is 27.5 Å². The first-order valence-corrected chi connectivity index (χ1v) is 17.1. The van der Waals surface area contributed by atoms with Crippen molar-refractivity contribution in [1.82, 2.24) is 9.13 Å². The molecule has 3 nitrogen and oxygen atoms in total. The fourth-order valence-electron chi connectivity index (χ4n) is 7.49. The maximum absolute atomic E-state index is 9.46. The van der Waals surface area contributed by atoms with E-state index in [2.05, 4.69) is 89.5 Å². The quantitative estimate of drug-likeness (QED) is 0.174. The van der Waals surface area contributed by atoms with E-state index in [4.69, 9.17) is 0 Å². The highest BCUT2D eigenvalue weighted by atomic mass is 15.1. The number of fused-ring (bicyclic) bond motifs is 6. The first kappa shape index (κ1) is 25.2. The second-order valence-electron chi connectivity index (χ2n) is 12.7. The molecule has 0 radical (unpaired) electrons. The summed E-state index contributed by atoms with van der Waals surface area (Å²) in [5, 5.41) is 4.29. The minimum absolute atomic E-state index is 0.111. The van der Waals surface area contributed by atoms with Crippen LogP contribution in [0.1, 0.15) is 5.48 Å². The van der Waals surface area contributed by atoms with Crippen molar-refractivity contribution >= 4 is 60.7 Å². The molecular weight excluding hydrogens is 619 g/mol. The monoisotopic (exact) mass is 655 g/mol. The molecule has 0 amide bonds. The molecule has 0 bridgehead atoms. The molecule has 0 fully saturated rings. The summed E-state index contributed by atoms with van der Waals surface area (Å²) in [5.74, 6) is 0. The number of aromatic nitrogens is 2. The second-order valence-corrected chi connectivity index (χ2v) is 12.7. The first-order valence-electron chi connectivity index (χ1n) is 19.1. The van der Waals surface area contributed by atoms with Crippen LogP contribution in [0.25, 0.3) is 66.1 Å². The van der Waals surface area contributed by atoms with Crippen molar-refractivity contribution in [3.05, 3.63) is 200 Å². The Hall–Kier alpha value is -6.84. The molecular formula is C48H33N3. The molecule has 10 aromatic rings. The molecule has 0 saturated heterocycles. The number of rotatable bonds is 6. The van der Waals surface area contributed by atoms with Crippen LogP contribution in [0.5, 0.6) is 0 Å². The van der Waals surface area contributed by atoms with Gasteiger partial charge in [0.2, 0.25) is 0 Å². The number of hydrogen-bond acceptors (Lipinski definition) is 1. The summed E-state index contributed by atoms with van der Waals surface area (Å²) in [6.45, 7) is 0. The summed E-state index contributed by atoms with van der Waals surface area (Å²) in [5.41, 5.74) is 9.06. The second kappa shape index (κ2) is 11.9. The van der Waals surface area contributed by atoms with Crippen LogP contribution < -0.4 is 4.90 Å². The van der Waals surface area contributed by atoms with Gasteiger partial charge >= 0.3 is 0 Å². The van der Waals surface area contributed by atoms with Gasteiger partial charge in [0.15, 0.2) is 0 Å². The number of para-hydroxylation sites is 5. The topological polar surface area (TPSA) is 13.1 Å². The largest absolute Gasteiger partial charge is 0.311 e. The minimum Gasteiger partial charge on any atom is -0.311 e. The number of benzene rings is 8. The van der Waals surface area contributed by atoms with Crippen LogP contribution in [0.2, 0.25) is 0 Å². The summed E-state index contributed by atoms with van der Waals surface area (Å²) >= 11 is 0. The van der Waals surface area contributed by atoms with Gasteiger partial charge in [-0.2, -0.15) is 0 Å². The molecule has 0 saturated carbocycles. The van der Waals surface area contributed by atoms with E-state index in [1.165, 1.54) is 10.8 Å². The Morgan fingerprint density at radius 1 is 0.333 bits per heavy atom. The molecule has 51 heavy (non-hydrogen) atoms. The van der Waals surface area contributed by atoms with Gasteiger partial charge in [0, 0.05) is 50.0 Å². The summed E-state index contributed by atoms with van der Waals surface area (Å²) in [7, 11) is 0. The lowest BCUT2D eigenvalue weighted by molar-refractivity contribution is 1.17. The molecule has 0 spiro atoms. The Balaban J connectivity index is 1.16. The number of hydrogen-bond donors (Lipinski definition) is 0. The van der Waals surface area contributed by atoms with E-state index >= 15 is 0 Å². The van der Waals surface area contributed by atoms with Gasteiger partial charge in [-0.1, -0.05) is 103 Å². The number of anilines is 3. The fraction of sp³-hybridized carbons (Fsp3) is 0. The normalized spacial score (nSPS) is 12.6. The summed E-state index contributed by atoms with van der Waals surface area (Å²) in [4.78, 5) is 1.80. The molecule has 10 rings (SSSR count). The van der Waals surface area contributed by atoms with E-state index in [1.54, 1.807) is 4.90 Å². The first-order chi connectivity index (χ1) is 27.0. The third kappa shape index (κ3) is 4.82. The molecule has 2 aromatic heterocycles. The molecule has 8 aromatic carbocycles. The van der Waals surface area contributed by atoms with Crippen LogP contribution in [0.4, 0.5) is 17.1 Å². The van der Waals surface area contributed by atoms with Crippen molar-refractivity contribution in [3.8, 4) is 22.5 Å². The molecule has 0 unspecified atom stereocenters. The molecule has 2 heterocycles. The zero-order valence-electron chi connectivity index (χ0n) is 31.6. The van der Waals surface area contributed by atoms with Gasteiger partial charge in [-0.15, -0.1) is 0 Å². The van der Waals surface area contributed by atoms with Crippen LogP contribution in [0.15, 0.2) is 200 Å². The SMILES string of the molecule is [2H]c1c([2H])c(-n2c3ccccc3c3cc(-c4ccc5c(c4)c4ccccc4n5-c4ccccc4)ccc32)c([2H])c([2H])c1N(c1ccccc1)c1ccccc1. The van der Waals surface area contributed by atoms with Crippen molar-refractivity contribution in [1.29, 1.82) is 0 Å². The lowest BCUT2D eigenvalue weighted by atomic mass is 10.0. The lowest BCUT2D eigenvalue weighted by Crippen LogP contribution is -2.09. The summed E-state index contributed by atoms with van der Waals surface area (Å²) in [6, 6.07) is 58.6. The van der Waals surface area contributed by atoms with Gasteiger partial charge in [-0.3, -0.25) is 0 Å². The highest BCUT2D eigenvalue weighted by Gasteiger charge is 2.17. The number of nitrogens with zero attached hydrogens (tertiary/aromatic N) is 3. The van der Waals surface area contributed by atoms with E-state index < -0.39 is 0 Å². The summed E-state index contributed by atoms with van der Waals surface area (Å²) in [6.07, 6.45) is 0. The van der Waals surface area contributed by atoms with Crippen molar-refractivity contribution in [2.45, 2.75) is 0 Å². The highest BCUT2D eigenvalue weighted by Crippen LogP contribution is 2.39. The maximum atomic E-state index is 9.46. The Bertz CT molecular complexity index is 3010. The highest BCUT2D eigenvalue weighted by molar-refractivity contribution is 6.12. The predicted molar refractivity (Wildman–Crippen MR) is 215 cm³/mol. The van der Waals surface area contributed by atoms with Crippen LogP contribution in [0, 0.1) is 0 Å². The molecule has 0 aliphatic heterocycles. The van der Waals surface area contributed by atoms with Crippen molar-refractivity contribution in [3.63, 3.8) is 0 Å². The standard InChI is InChI=1S/C48H33N3/c1-4-14-36(15-5-1)49(37-16-6-2-7-17-37)39-26-28-40(29-27-39)51-46-23-13-11-21-42(46)44-33-35(25-31-48(44)51)34-24-30-47-43(32-34)41-20-10-12-22-45(41)50(47)38-18-8-3-9-19-38/h1-33H/i26D,27D,28D,29D. The molecule has 240 valence electrons. The Kier molecular flexibility index (Phi) is 5.89. The Morgan fingerprint density at radius 2 is 0.745 bits per heavy atom. The van der Waals surface area contributed by atoms with Crippen LogP contribution in [0.3, 0.4) is 0 Å². The van der Waals surface area contributed by atoms with E-state index in [9.17, 15) is 5.48 Å². The third-order valence-electron chi connectivity index (χ3n) is 9.77. The van der Waals surface area contributed by atoms with E-state index in [0.717, 1.165) is 61.0 Å². The summed E-state index contributed by atoms with van der Waals surface area (Å²) < 4.78 is 41.9. The molecule has 3 heteroatoms. The molecule has 0 aliphatic carbocycles. The van der Waals surface area contributed by atoms with Crippen LogP contribution in [-0.2, 0) is 0 Å². The average Bonchev–Trinajstić information content (AvgIpc) is 3.75. The zero-order valence-corrected chi connectivity index (χ0v) is 27.6. The van der Waals surface area contributed by atoms with Crippen LogP contribution >= 0.6 is 0 Å². The van der Waals surface area contributed by atoms with Gasteiger partial charge in [-0.05, 0) is 108 Å². The van der Waals surface area contributed by atoms with Crippen molar-refractivity contribution < 1.29 is 5.48 Å². The van der Waals surface area contributed by atoms with Crippen molar-refractivity contribution in [2.24, 2.45) is 0 Å². The third-order valence-corrected chi connectivity index (χ3v) is 9.77. The van der Waals surface area contributed by atoms with Gasteiger partial charge in [0.1, 0.15) is 0 Å². The fourth-order valence-corrected chi connectivity index (χ4v) is 7.49. The lowest BCUT2D eigenvalue weighted by Gasteiger charge is -2.25. The predicted octanol–water partition coefficient (Wildman–Crippen LogP) is 13.0. The van der Waals surface area contributed by atoms with Gasteiger partial charge in [-0.25, -0.2) is 0 Å². The van der Waals surface area contributed by atoms with Gasteiger partial charge < -0.3 is 14.0 Å². The Labute approximate surface area is 302 Å². The minimum atomic E-state index is -0.116. The van der Waals surface area contributed by atoms with E-state index in [-0.39, 0.29) is 35.5 Å². The van der Waals surface area contributed by atoms with Crippen molar-refractivity contribution in [2.75, 3.05) is 4.90 Å². The smallest absolute Gasteiger partial charge is 0.0646 e. The molecule has 0 aliphatic rings. The maximum Gasteiger partial charge on any atom is 0.0646 e. The van der Waals surface area contributed by atoms with Gasteiger partial charge in [0.25, 0.3) is 0 Å². The molecule has 0 N–H and O–H groups in total. The molecule has 0 atom stereocenters. The van der Waals surface area contributed by atoms with E-state index in [1.807, 2.05) is 95.6 Å². The Morgan fingerprint density at radius 3 is 1.25 bits per heavy atom. The zero-order chi connectivity index (χ0) is 37.2. The van der Waals surface area contributed by atoms with Crippen LogP contribution in [-0.4, -0.2) is 9.13 Å². The average molecular weight is 656 g/mol. The van der Waals surface area contributed by atoms with E-state index in [0.29, 0.717) is 0 Å².